The fraction of sp³-hybridized carbons (Fsp3) is 0.538. The molecule has 0 bridgehead atoms. The number of ether oxygens (including phenoxy) is 1. The molecule has 0 spiro atoms. The van der Waals surface area contributed by atoms with Gasteiger partial charge < -0.3 is 9.64 Å². The third-order valence-corrected chi connectivity index (χ3v) is 3.44. The molecule has 1 heterocycles. The van der Waals surface area contributed by atoms with Crippen LogP contribution in [0.5, 0.6) is 0 Å². The Kier molecular flexibility index (Phi) is 3.15. The van der Waals surface area contributed by atoms with Crippen molar-refractivity contribution in [2.45, 2.75) is 18.9 Å². The summed E-state index contributed by atoms with van der Waals surface area (Å²) in [5.41, 5.74) is 0.757. The van der Waals surface area contributed by atoms with E-state index in [-0.39, 0.29) is 17.4 Å². The summed E-state index contributed by atoms with van der Waals surface area (Å²) in [5, 5.41) is 0. The highest BCUT2D eigenvalue weighted by Crippen LogP contribution is 2.57. The maximum atomic E-state index is 12.0. The molecule has 4 heteroatoms. The maximum absolute atomic E-state index is 12.0. The molecule has 1 aliphatic rings. The lowest BCUT2D eigenvalue weighted by molar-refractivity contribution is -0.150. The standard InChI is InChI=1S/C13H18N2O2/c1-15(2)11(10-4-8-14-9-5-10)13(6-7-13)12(16)17-3/h4-5,8-9,11H,6-7H2,1-3H3. The Labute approximate surface area is 102 Å². The van der Waals surface area contributed by atoms with Crippen LogP contribution in [0.25, 0.3) is 0 Å². The maximum Gasteiger partial charge on any atom is 0.313 e. The van der Waals surface area contributed by atoms with E-state index in [1.807, 2.05) is 26.2 Å². The first kappa shape index (κ1) is 12.0. The van der Waals surface area contributed by atoms with Crippen LogP contribution in [0, 0.1) is 5.41 Å². The second-order valence-corrected chi connectivity index (χ2v) is 4.79. The Balaban J connectivity index is 2.34. The molecule has 0 amide bonds. The minimum atomic E-state index is -0.362. The predicted octanol–water partition coefficient (Wildman–Crippen LogP) is 1.64. The highest BCUT2D eigenvalue weighted by Gasteiger charge is 2.58. The molecule has 1 unspecified atom stereocenters. The molecule has 4 nitrogen and oxygen atoms in total. The number of pyridine rings is 1. The van der Waals surface area contributed by atoms with Gasteiger partial charge in [-0.25, -0.2) is 0 Å². The lowest BCUT2D eigenvalue weighted by Gasteiger charge is -2.31. The molecule has 1 fully saturated rings. The molecule has 0 aliphatic heterocycles. The molecule has 0 aromatic carbocycles. The summed E-state index contributed by atoms with van der Waals surface area (Å²) < 4.78 is 4.95. The summed E-state index contributed by atoms with van der Waals surface area (Å²) in [6.45, 7) is 0. The normalized spacial score (nSPS) is 18.8. The number of rotatable bonds is 4. The van der Waals surface area contributed by atoms with Crippen LogP contribution in [0.4, 0.5) is 0 Å². The highest BCUT2D eigenvalue weighted by atomic mass is 16.5. The number of aromatic nitrogens is 1. The first-order valence-electron chi connectivity index (χ1n) is 5.76. The number of carbonyl (C=O) groups is 1. The zero-order valence-electron chi connectivity index (χ0n) is 10.5. The van der Waals surface area contributed by atoms with Crippen LogP contribution in [0.1, 0.15) is 24.4 Å². The van der Waals surface area contributed by atoms with E-state index < -0.39 is 0 Å². The van der Waals surface area contributed by atoms with Crippen LogP contribution < -0.4 is 0 Å². The zero-order chi connectivity index (χ0) is 12.5. The molecular weight excluding hydrogens is 216 g/mol. The van der Waals surface area contributed by atoms with Crippen molar-refractivity contribution in [3.8, 4) is 0 Å². The Morgan fingerprint density at radius 2 is 2.00 bits per heavy atom. The fourth-order valence-corrected chi connectivity index (χ4v) is 2.58. The lowest BCUT2D eigenvalue weighted by Crippen LogP contribution is -2.34. The summed E-state index contributed by atoms with van der Waals surface area (Å²) in [7, 11) is 5.45. The quantitative estimate of drug-likeness (QED) is 0.743. The van der Waals surface area contributed by atoms with E-state index >= 15 is 0 Å². The van der Waals surface area contributed by atoms with Crippen molar-refractivity contribution in [1.29, 1.82) is 0 Å². The Bertz CT molecular complexity index is 399. The Hall–Kier alpha value is -1.42. The average molecular weight is 234 g/mol. The number of methoxy groups -OCH3 is 1. The summed E-state index contributed by atoms with van der Waals surface area (Å²) in [6, 6.07) is 4.00. The topological polar surface area (TPSA) is 42.4 Å². The Morgan fingerprint density at radius 1 is 1.41 bits per heavy atom. The molecular formula is C13H18N2O2. The minimum Gasteiger partial charge on any atom is -0.469 e. The van der Waals surface area contributed by atoms with Gasteiger partial charge in [0.25, 0.3) is 0 Å². The van der Waals surface area contributed by atoms with E-state index in [9.17, 15) is 4.79 Å². The van der Waals surface area contributed by atoms with Crippen LogP contribution in [-0.2, 0) is 9.53 Å². The van der Waals surface area contributed by atoms with Crippen molar-refractivity contribution in [2.24, 2.45) is 5.41 Å². The van der Waals surface area contributed by atoms with Crippen molar-refractivity contribution in [3.63, 3.8) is 0 Å². The largest absolute Gasteiger partial charge is 0.469 e. The van der Waals surface area contributed by atoms with Gasteiger partial charge >= 0.3 is 5.97 Å². The van der Waals surface area contributed by atoms with Crippen molar-refractivity contribution in [1.82, 2.24) is 9.88 Å². The molecule has 1 aliphatic carbocycles. The van der Waals surface area contributed by atoms with Crippen LogP contribution in [0.15, 0.2) is 24.5 Å². The zero-order valence-corrected chi connectivity index (χ0v) is 10.5. The molecule has 0 radical (unpaired) electrons. The van der Waals surface area contributed by atoms with Gasteiger partial charge in [0.05, 0.1) is 18.6 Å². The van der Waals surface area contributed by atoms with E-state index in [0.717, 1.165) is 18.4 Å². The summed E-state index contributed by atoms with van der Waals surface area (Å²) in [6.07, 6.45) is 5.31. The molecule has 0 N–H and O–H groups in total. The highest BCUT2D eigenvalue weighted by molar-refractivity contribution is 5.81. The third kappa shape index (κ3) is 2.05. The van der Waals surface area contributed by atoms with Crippen LogP contribution in [0.3, 0.4) is 0 Å². The monoisotopic (exact) mass is 234 g/mol. The van der Waals surface area contributed by atoms with Crippen LogP contribution in [0.2, 0.25) is 0 Å². The van der Waals surface area contributed by atoms with Crippen molar-refractivity contribution >= 4 is 5.97 Å². The molecule has 1 atom stereocenters. The van der Waals surface area contributed by atoms with Crippen molar-refractivity contribution in [2.75, 3.05) is 21.2 Å². The van der Waals surface area contributed by atoms with Gasteiger partial charge in [-0.1, -0.05) is 0 Å². The molecule has 0 saturated heterocycles. The average Bonchev–Trinajstić information content (AvgIpc) is 3.10. The first-order valence-corrected chi connectivity index (χ1v) is 5.76. The molecule has 17 heavy (non-hydrogen) atoms. The fourth-order valence-electron chi connectivity index (χ4n) is 2.58. The van der Waals surface area contributed by atoms with Gasteiger partial charge in [-0.15, -0.1) is 0 Å². The minimum absolute atomic E-state index is 0.0675. The van der Waals surface area contributed by atoms with Crippen LogP contribution >= 0.6 is 0 Å². The van der Waals surface area contributed by atoms with E-state index in [2.05, 4.69) is 9.88 Å². The summed E-state index contributed by atoms with van der Waals surface area (Å²) in [4.78, 5) is 18.1. The SMILES string of the molecule is COC(=O)C1(C(c2ccncc2)N(C)C)CC1. The molecule has 2 rings (SSSR count). The Morgan fingerprint density at radius 3 is 2.41 bits per heavy atom. The number of hydrogen-bond acceptors (Lipinski definition) is 4. The smallest absolute Gasteiger partial charge is 0.313 e. The van der Waals surface area contributed by atoms with Gasteiger partial charge in [-0.3, -0.25) is 9.78 Å². The molecule has 1 saturated carbocycles. The second-order valence-electron chi connectivity index (χ2n) is 4.79. The van der Waals surface area contributed by atoms with Gasteiger partial charge in [-0.05, 0) is 44.6 Å². The summed E-state index contributed by atoms with van der Waals surface area (Å²) >= 11 is 0. The number of esters is 1. The predicted molar refractivity (Wildman–Crippen MR) is 64.3 cm³/mol. The van der Waals surface area contributed by atoms with E-state index in [1.165, 1.54) is 7.11 Å². The van der Waals surface area contributed by atoms with Gasteiger partial charge in [-0.2, -0.15) is 0 Å². The van der Waals surface area contributed by atoms with Crippen molar-refractivity contribution < 1.29 is 9.53 Å². The number of hydrogen-bond donors (Lipinski definition) is 0. The van der Waals surface area contributed by atoms with Crippen molar-refractivity contribution in [3.05, 3.63) is 30.1 Å². The van der Waals surface area contributed by atoms with E-state index in [4.69, 9.17) is 4.74 Å². The first-order chi connectivity index (χ1) is 8.12. The van der Waals surface area contributed by atoms with Gasteiger partial charge in [0.15, 0.2) is 0 Å². The van der Waals surface area contributed by atoms with Crippen LogP contribution in [-0.4, -0.2) is 37.1 Å². The number of carbonyl (C=O) groups excluding carboxylic acids is 1. The van der Waals surface area contributed by atoms with E-state index in [0.29, 0.717) is 0 Å². The molecule has 1 aromatic rings. The second kappa shape index (κ2) is 4.45. The third-order valence-electron chi connectivity index (χ3n) is 3.44. The molecule has 92 valence electrons. The molecule has 1 aromatic heterocycles. The van der Waals surface area contributed by atoms with Gasteiger partial charge in [0.1, 0.15) is 0 Å². The number of nitrogens with zero attached hydrogens (tertiary/aromatic N) is 2. The van der Waals surface area contributed by atoms with Gasteiger partial charge in [0.2, 0.25) is 0 Å². The van der Waals surface area contributed by atoms with E-state index in [1.54, 1.807) is 12.4 Å². The lowest BCUT2D eigenvalue weighted by atomic mass is 9.89. The summed E-state index contributed by atoms with van der Waals surface area (Å²) in [5.74, 6) is -0.104. The van der Waals surface area contributed by atoms with Gasteiger partial charge in [0, 0.05) is 12.4 Å².